The van der Waals surface area contributed by atoms with Gasteiger partial charge in [-0.1, -0.05) is 24.3 Å². The fourth-order valence-corrected chi connectivity index (χ4v) is 1.59. The van der Waals surface area contributed by atoms with Crippen molar-refractivity contribution in [2.24, 2.45) is 0 Å². The van der Waals surface area contributed by atoms with Crippen LogP contribution in [-0.4, -0.2) is 21.6 Å². The number of fused-ring (bicyclic) bond motifs is 1. The molecule has 0 radical (unpaired) electrons. The summed E-state index contributed by atoms with van der Waals surface area (Å²) in [5.74, 6) is 0. The summed E-state index contributed by atoms with van der Waals surface area (Å²) < 4.78 is 4.80. The number of hydrogen-bond donors (Lipinski definition) is 1. The van der Waals surface area contributed by atoms with Gasteiger partial charge in [0, 0.05) is 24.1 Å². The van der Waals surface area contributed by atoms with Crippen LogP contribution in [0.2, 0.25) is 0 Å². The molecule has 4 heteroatoms. The van der Waals surface area contributed by atoms with Crippen LogP contribution in [0.5, 0.6) is 0 Å². The van der Waals surface area contributed by atoms with E-state index in [9.17, 15) is 0 Å². The molecule has 0 aliphatic carbocycles. The number of rotatable bonds is 0. The Morgan fingerprint density at radius 2 is 1.81 bits per heavy atom. The minimum absolute atomic E-state index is 0.733. The van der Waals surface area contributed by atoms with Gasteiger partial charge in [-0.2, -0.15) is 0 Å². The number of nitrogens with one attached hydrogen (secondary N) is 1. The van der Waals surface area contributed by atoms with E-state index in [1.165, 1.54) is 17.2 Å². The minimum Gasteiger partial charge on any atom is -0.497 e. The number of benzene rings is 1. The molecular formula is C17H17N3O. The largest absolute Gasteiger partial charge is 0.497 e. The molecule has 0 unspecified atom stereocenters. The smallest absolute Gasteiger partial charge is 0.115 e. The van der Waals surface area contributed by atoms with Crippen molar-refractivity contribution in [3.05, 3.63) is 85.8 Å². The molecule has 0 saturated carbocycles. The maximum atomic E-state index is 4.80. The fraction of sp³-hybridized carbons (Fsp3) is 0.0588. The van der Waals surface area contributed by atoms with E-state index in [2.05, 4.69) is 33.2 Å². The third-order valence-electron chi connectivity index (χ3n) is 2.55. The van der Waals surface area contributed by atoms with Crippen LogP contribution in [0.1, 0.15) is 0 Å². The van der Waals surface area contributed by atoms with Crippen molar-refractivity contribution in [3.63, 3.8) is 0 Å². The maximum absolute atomic E-state index is 4.80. The lowest BCUT2D eigenvalue weighted by Gasteiger charge is -1.94. The molecule has 0 atom stereocenters. The quantitative estimate of drug-likeness (QED) is 0.682. The van der Waals surface area contributed by atoms with Crippen LogP contribution >= 0.6 is 0 Å². The molecule has 2 aromatic heterocycles. The number of ether oxygens (including phenoxy) is 1. The molecule has 1 N–H and O–H groups in total. The van der Waals surface area contributed by atoms with Gasteiger partial charge in [-0.25, -0.2) is 9.97 Å². The highest BCUT2D eigenvalue weighted by molar-refractivity contribution is 5.78. The molecule has 0 fully saturated rings. The second kappa shape index (κ2) is 9.09. The summed E-state index contributed by atoms with van der Waals surface area (Å²) in [7, 11) is 0. The molecule has 0 amide bonds. The molecule has 1 aromatic carbocycles. The average Bonchev–Trinajstić information content (AvgIpc) is 3.08. The van der Waals surface area contributed by atoms with Crippen molar-refractivity contribution in [3.8, 4) is 0 Å². The predicted molar refractivity (Wildman–Crippen MR) is 84.6 cm³/mol. The monoisotopic (exact) mass is 279 g/mol. The molecule has 0 saturated heterocycles. The molecule has 3 heterocycles. The van der Waals surface area contributed by atoms with E-state index >= 15 is 0 Å². The Labute approximate surface area is 123 Å². The summed E-state index contributed by atoms with van der Waals surface area (Å²) in [6.45, 7) is 0.733. The van der Waals surface area contributed by atoms with Crippen LogP contribution < -0.4 is 0 Å². The molecule has 0 spiro atoms. The predicted octanol–water partition coefficient (Wildman–Crippen LogP) is 3.73. The van der Waals surface area contributed by atoms with E-state index in [1.54, 1.807) is 24.7 Å². The highest BCUT2D eigenvalue weighted by Crippen LogP contribution is 2.09. The van der Waals surface area contributed by atoms with Crippen LogP contribution in [0, 0.1) is 0 Å². The van der Waals surface area contributed by atoms with E-state index in [1.807, 2.05) is 36.6 Å². The van der Waals surface area contributed by atoms with E-state index < -0.39 is 0 Å². The Bertz CT molecular complexity index is 606. The van der Waals surface area contributed by atoms with E-state index in [0.717, 1.165) is 6.61 Å². The summed E-state index contributed by atoms with van der Waals surface area (Å²) >= 11 is 0. The molecular weight excluding hydrogens is 262 g/mol. The zero-order valence-corrected chi connectivity index (χ0v) is 11.6. The van der Waals surface area contributed by atoms with Crippen molar-refractivity contribution in [2.45, 2.75) is 0 Å². The third-order valence-corrected chi connectivity index (χ3v) is 2.55. The van der Waals surface area contributed by atoms with E-state index in [4.69, 9.17) is 4.74 Å². The van der Waals surface area contributed by atoms with E-state index in [-0.39, 0.29) is 0 Å². The molecule has 0 bridgehead atoms. The van der Waals surface area contributed by atoms with Crippen molar-refractivity contribution in [1.82, 2.24) is 15.0 Å². The first-order chi connectivity index (χ1) is 10.5. The van der Waals surface area contributed by atoms with Crippen LogP contribution in [0.3, 0.4) is 0 Å². The highest BCUT2D eigenvalue weighted by atomic mass is 16.5. The lowest BCUT2D eigenvalue weighted by molar-refractivity contribution is 0.286. The first kappa shape index (κ1) is 14.5. The minimum atomic E-state index is 0.733. The zero-order chi connectivity index (χ0) is 14.6. The molecule has 1 aliphatic rings. The molecule has 21 heavy (non-hydrogen) atoms. The second-order valence-electron chi connectivity index (χ2n) is 4.06. The average molecular weight is 279 g/mol. The van der Waals surface area contributed by atoms with Crippen LogP contribution in [0.15, 0.2) is 85.8 Å². The molecule has 106 valence electrons. The fourth-order valence-electron chi connectivity index (χ4n) is 1.59. The second-order valence-corrected chi connectivity index (χ2v) is 4.06. The Balaban J connectivity index is 0.000000120. The topological polar surface area (TPSA) is 50.8 Å². The molecule has 1 aliphatic heterocycles. The van der Waals surface area contributed by atoms with Gasteiger partial charge in [-0.3, -0.25) is 0 Å². The van der Waals surface area contributed by atoms with Crippen molar-refractivity contribution in [1.29, 1.82) is 0 Å². The van der Waals surface area contributed by atoms with Crippen LogP contribution in [0.4, 0.5) is 0 Å². The molecule has 4 rings (SSSR count). The SMILES string of the molecule is C1=CCOC=C1.c1ccc2[nH]ccc2c1.c1cncnc1. The number of H-pyrrole nitrogens is 1. The Kier molecular flexibility index (Phi) is 6.29. The Hall–Kier alpha value is -2.88. The van der Waals surface area contributed by atoms with Gasteiger partial charge in [0.25, 0.3) is 0 Å². The first-order valence-electron chi connectivity index (χ1n) is 6.62. The third kappa shape index (κ3) is 5.74. The summed E-state index contributed by atoms with van der Waals surface area (Å²) in [5, 5.41) is 1.28. The lowest BCUT2D eigenvalue weighted by atomic mass is 10.3. The number of hydrogen-bond acceptors (Lipinski definition) is 3. The van der Waals surface area contributed by atoms with Crippen LogP contribution in [0.25, 0.3) is 10.9 Å². The van der Waals surface area contributed by atoms with Gasteiger partial charge < -0.3 is 9.72 Å². The van der Waals surface area contributed by atoms with Crippen molar-refractivity contribution >= 4 is 10.9 Å². The normalized spacial score (nSPS) is 11.6. The van der Waals surface area contributed by atoms with Gasteiger partial charge in [0.2, 0.25) is 0 Å². The molecule has 3 aromatic rings. The Morgan fingerprint density at radius 1 is 0.952 bits per heavy atom. The summed E-state index contributed by atoms with van der Waals surface area (Å²) in [5.41, 5.74) is 1.21. The molecule has 4 nitrogen and oxygen atoms in total. The Morgan fingerprint density at radius 3 is 2.29 bits per heavy atom. The summed E-state index contributed by atoms with van der Waals surface area (Å²) in [4.78, 5) is 10.5. The number of aromatic amines is 1. The number of aromatic nitrogens is 3. The standard InChI is InChI=1S/C8H7N.C5H6O.C4H4N2/c1-2-4-8-7(3-1)5-6-9-8;1-2-4-6-5-3-1;1-2-5-4-6-3-1/h1-6,9H;1-4H,5H2;1-4H. The maximum Gasteiger partial charge on any atom is 0.115 e. The van der Waals surface area contributed by atoms with E-state index in [0.29, 0.717) is 0 Å². The summed E-state index contributed by atoms with van der Waals surface area (Å²) in [6, 6.07) is 12.1. The highest BCUT2D eigenvalue weighted by Gasteiger charge is 1.86. The number of para-hydroxylation sites is 1. The zero-order valence-electron chi connectivity index (χ0n) is 11.6. The van der Waals surface area contributed by atoms with Gasteiger partial charge >= 0.3 is 0 Å². The number of nitrogens with zero attached hydrogens (tertiary/aromatic N) is 2. The van der Waals surface area contributed by atoms with Gasteiger partial charge in [-0.05, 0) is 35.7 Å². The summed E-state index contributed by atoms with van der Waals surface area (Å²) in [6.07, 6.45) is 14.3. The number of allylic oxidation sites excluding steroid dienone is 2. The van der Waals surface area contributed by atoms with Crippen LogP contribution in [-0.2, 0) is 4.74 Å². The lowest BCUT2D eigenvalue weighted by Crippen LogP contribution is -1.82. The van der Waals surface area contributed by atoms with Gasteiger partial charge in [0.15, 0.2) is 0 Å². The van der Waals surface area contributed by atoms with Gasteiger partial charge in [0.1, 0.15) is 12.9 Å². The van der Waals surface area contributed by atoms with Crippen molar-refractivity contribution in [2.75, 3.05) is 6.61 Å². The first-order valence-corrected chi connectivity index (χ1v) is 6.62. The van der Waals surface area contributed by atoms with Gasteiger partial charge in [0.05, 0.1) is 6.26 Å². The van der Waals surface area contributed by atoms with Gasteiger partial charge in [-0.15, -0.1) is 0 Å². The van der Waals surface area contributed by atoms with Crippen molar-refractivity contribution < 1.29 is 4.74 Å².